The van der Waals surface area contributed by atoms with E-state index in [4.69, 9.17) is 23.8 Å². The average Bonchev–Trinajstić information content (AvgIpc) is 2.74. The van der Waals surface area contributed by atoms with Gasteiger partial charge in [-0.2, -0.15) is 5.26 Å². The lowest BCUT2D eigenvalue weighted by atomic mass is 9.93. The number of hydrogen-bond acceptors (Lipinski definition) is 8. The Kier molecular flexibility index (Phi) is 10.0. The first kappa shape index (κ1) is 26.7. The molecule has 10 nitrogen and oxygen atoms in total. The minimum atomic E-state index is -1.42. The second-order valence-corrected chi connectivity index (χ2v) is 9.92. The second-order valence-electron chi connectivity index (χ2n) is 8.47. The van der Waals surface area contributed by atoms with Gasteiger partial charge in [0.1, 0.15) is 6.23 Å². The molecule has 1 fully saturated rings. The number of aromatic nitrogens is 2. The minimum Gasteiger partial charge on any atom is -0.376 e. The van der Waals surface area contributed by atoms with Gasteiger partial charge in [0.2, 0.25) is 0 Å². The molecular weight excluding hydrogens is 435 g/mol. The summed E-state index contributed by atoms with van der Waals surface area (Å²) in [6.07, 6.45) is 2.16. The fourth-order valence-corrected chi connectivity index (χ4v) is 5.39. The third-order valence-corrected chi connectivity index (χ3v) is 7.46. The highest BCUT2D eigenvalue weighted by molar-refractivity contribution is 7.44. The summed E-state index contributed by atoms with van der Waals surface area (Å²) in [7, 11) is 0.203. The van der Waals surface area contributed by atoms with Gasteiger partial charge >= 0.3 is 5.69 Å². The van der Waals surface area contributed by atoms with E-state index in [1.54, 1.807) is 14.0 Å². The number of nitrogens with one attached hydrogen (secondary N) is 1. The van der Waals surface area contributed by atoms with Gasteiger partial charge in [0.05, 0.1) is 37.9 Å². The van der Waals surface area contributed by atoms with Crippen LogP contribution >= 0.6 is 8.53 Å². The summed E-state index contributed by atoms with van der Waals surface area (Å²) in [5.41, 5.74) is -1.19. The number of aryl methyl sites for hydroxylation is 1. The van der Waals surface area contributed by atoms with E-state index in [2.05, 4.69) is 43.4 Å². The zero-order chi connectivity index (χ0) is 23.9. The Hall–Kier alpha value is -1.60. The minimum absolute atomic E-state index is 0.187. The predicted molar refractivity (Wildman–Crippen MR) is 121 cm³/mol. The number of nitrogens with zero attached hydrogens (tertiary/aromatic N) is 3. The molecule has 180 valence electrons. The van der Waals surface area contributed by atoms with Gasteiger partial charge in [0.25, 0.3) is 14.1 Å². The largest absolute Gasteiger partial charge is 0.376 e. The van der Waals surface area contributed by atoms with E-state index < -0.39 is 31.6 Å². The van der Waals surface area contributed by atoms with Crippen LogP contribution in [0.15, 0.2) is 15.8 Å². The van der Waals surface area contributed by atoms with E-state index in [0.29, 0.717) is 25.0 Å². The third kappa shape index (κ3) is 6.70. The van der Waals surface area contributed by atoms with Gasteiger partial charge in [-0.05, 0) is 34.6 Å². The monoisotopic (exact) mass is 470 g/mol. The molecule has 11 heteroatoms. The van der Waals surface area contributed by atoms with Crippen molar-refractivity contribution in [1.82, 2.24) is 14.2 Å². The van der Waals surface area contributed by atoms with Crippen LogP contribution in [-0.4, -0.2) is 58.8 Å². The van der Waals surface area contributed by atoms with Crippen LogP contribution in [0.2, 0.25) is 0 Å². The molecule has 0 saturated carbocycles. The molecule has 1 aliphatic rings. The highest BCUT2D eigenvalue weighted by Crippen LogP contribution is 2.48. The molecule has 1 saturated heterocycles. The summed E-state index contributed by atoms with van der Waals surface area (Å²) in [5.74, 6) is 0. The molecular formula is C21H35N4O6P. The molecule has 1 aromatic heterocycles. The number of aromatic amines is 1. The van der Waals surface area contributed by atoms with Crippen LogP contribution in [0.25, 0.3) is 0 Å². The van der Waals surface area contributed by atoms with Gasteiger partial charge < -0.3 is 18.5 Å². The summed E-state index contributed by atoms with van der Waals surface area (Å²) in [6.45, 7) is 10.9. The maximum absolute atomic E-state index is 12.3. The molecule has 3 atom stereocenters. The van der Waals surface area contributed by atoms with Crippen LogP contribution in [0, 0.1) is 18.3 Å². The molecule has 32 heavy (non-hydrogen) atoms. The summed E-state index contributed by atoms with van der Waals surface area (Å²) < 4.78 is 27.6. The van der Waals surface area contributed by atoms with Crippen molar-refractivity contribution in [2.45, 2.75) is 77.8 Å². The molecule has 0 aromatic carbocycles. The Morgan fingerprint density at radius 2 is 2.03 bits per heavy atom. The van der Waals surface area contributed by atoms with Gasteiger partial charge in [-0.15, -0.1) is 0 Å². The number of rotatable bonds is 11. The normalized spacial score (nSPS) is 22.4. The van der Waals surface area contributed by atoms with Gasteiger partial charge in [0.15, 0.2) is 0 Å². The molecule has 1 unspecified atom stereocenters. The van der Waals surface area contributed by atoms with Crippen LogP contribution in [0.1, 0.15) is 58.7 Å². The Bertz CT molecular complexity index is 888. The first-order valence-corrected chi connectivity index (χ1v) is 12.0. The van der Waals surface area contributed by atoms with E-state index in [-0.39, 0.29) is 31.7 Å². The van der Waals surface area contributed by atoms with Crippen LogP contribution in [0.5, 0.6) is 0 Å². The van der Waals surface area contributed by atoms with Crippen molar-refractivity contribution in [1.29, 1.82) is 5.26 Å². The Balaban J connectivity index is 2.21. The van der Waals surface area contributed by atoms with E-state index in [1.165, 1.54) is 10.8 Å². The summed E-state index contributed by atoms with van der Waals surface area (Å²) in [6, 6.07) is 2.47. The van der Waals surface area contributed by atoms with E-state index in [0.717, 1.165) is 0 Å². The van der Waals surface area contributed by atoms with Crippen LogP contribution in [-0.2, 0) is 18.5 Å². The maximum Gasteiger partial charge on any atom is 0.330 e. The quantitative estimate of drug-likeness (QED) is 0.387. The third-order valence-electron chi connectivity index (χ3n) is 5.40. The zero-order valence-corrected chi connectivity index (χ0v) is 20.7. The Morgan fingerprint density at radius 3 is 2.62 bits per heavy atom. The average molecular weight is 471 g/mol. The lowest BCUT2D eigenvalue weighted by Crippen LogP contribution is -2.47. The lowest BCUT2D eigenvalue weighted by Gasteiger charge is -2.42. The fourth-order valence-electron chi connectivity index (χ4n) is 3.70. The smallest absolute Gasteiger partial charge is 0.330 e. The molecule has 2 heterocycles. The first-order chi connectivity index (χ1) is 15.1. The van der Waals surface area contributed by atoms with Crippen molar-refractivity contribution in [3.63, 3.8) is 0 Å². The Morgan fingerprint density at radius 1 is 1.34 bits per heavy atom. The molecule has 0 radical (unpaired) electrons. The molecule has 0 amide bonds. The van der Waals surface area contributed by atoms with Crippen LogP contribution in [0.4, 0.5) is 0 Å². The molecule has 0 spiro atoms. The van der Waals surface area contributed by atoms with Crippen LogP contribution in [0.3, 0.4) is 0 Å². The van der Waals surface area contributed by atoms with E-state index in [1.807, 2.05) is 0 Å². The van der Waals surface area contributed by atoms with Crippen molar-refractivity contribution in [3.05, 3.63) is 32.6 Å². The molecule has 1 aliphatic heterocycles. The Labute approximate surface area is 190 Å². The SMILES string of the molecule is CO[C@@]1(COP(OCCC#N)N(C(C)C)C(C)C)CCO[C@@H](n2cc(C)c(=O)[nH]c2=O)C1. The molecule has 2 rings (SSSR count). The number of H-pyrrole nitrogens is 1. The number of methoxy groups -OCH3 is 1. The number of nitriles is 1. The van der Waals surface area contributed by atoms with E-state index in [9.17, 15) is 9.59 Å². The summed E-state index contributed by atoms with van der Waals surface area (Å²) in [4.78, 5) is 26.4. The van der Waals surface area contributed by atoms with Gasteiger partial charge in [-0.1, -0.05) is 0 Å². The number of ether oxygens (including phenoxy) is 2. The second kappa shape index (κ2) is 12.0. The van der Waals surface area contributed by atoms with Crippen molar-refractivity contribution in [2.24, 2.45) is 0 Å². The molecule has 0 aliphatic carbocycles. The summed E-state index contributed by atoms with van der Waals surface area (Å²) >= 11 is 0. The first-order valence-electron chi connectivity index (χ1n) is 10.8. The highest BCUT2D eigenvalue weighted by atomic mass is 31.2. The molecule has 0 bridgehead atoms. The predicted octanol–water partition coefficient (Wildman–Crippen LogP) is 2.83. The lowest BCUT2D eigenvalue weighted by molar-refractivity contribution is -0.161. The van der Waals surface area contributed by atoms with E-state index >= 15 is 0 Å². The maximum atomic E-state index is 12.3. The van der Waals surface area contributed by atoms with Crippen molar-refractivity contribution in [3.8, 4) is 6.07 Å². The van der Waals surface area contributed by atoms with Crippen molar-refractivity contribution < 1.29 is 18.5 Å². The standard InChI is InChI=1S/C21H35N4O6P/c1-15(2)25(16(3)4)32(30-10-7-9-22)31-14-21(28-6)8-11-29-18(12-21)24-13-17(5)19(26)23-20(24)27/h13,15-16,18H,7-8,10-12,14H2,1-6H3,(H,23,26,27)/t18-,21+,32?/m1/s1. The van der Waals surface area contributed by atoms with Gasteiger partial charge in [0, 0.05) is 43.8 Å². The highest BCUT2D eigenvalue weighted by Gasteiger charge is 2.40. The fraction of sp³-hybridized carbons (Fsp3) is 0.762. The van der Waals surface area contributed by atoms with Crippen molar-refractivity contribution in [2.75, 3.05) is 26.9 Å². The van der Waals surface area contributed by atoms with Crippen LogP contribution < -0.4 is 11.2 Å². The summed E-state index contributed by atoms with van der Waals surface area (Å²) in [5, 5.41) is 8.88. The zero-order valence-electron chi connectivity index (χ0n) is 19.8. The molecule has 1 aromatic rings. The number of hydrogen-bond donors (Lipinski definition) is 1. The van der Waals surface area contributed by atoms with Crippen molar-refractivity contribution >= 4 is 8.53 Å². The topological polar surface area (TPSA) is 119 Å². The molecule has 1 N–H and O–H groups in total. The van der Waals surface area contributed by atoms with Gasteiger partial charge in [-0.25, -0.2) is 9.46 Å². The van der Waals surface area contributed by atoms with Gasteiger partial charge in [-0.3, -0.25) is 14.3 Å².